The van der Waals surface area contributed by atoms with Gasteiger partial charge in [-0.15, -0.1) is 11.3 Å². The predicted molar refractivity (Wildman–Crippen MR) is 95.7 cm³/mol. The van der Waals surface area contributed by atoms with E-state index in [1.54, 1.807) is 23.7 Å². The highest BCUT2D eigenvalue weighted by Crippen LogP contribution is 2.22. The first-order chi connectivity index (χ1) is 11.7. The van der Waals surface area contributed by atoms with Gasteiger partial charge in [0.05, 0.1) is 12.3 Å². The summed E-state index contributed by atoms with van der Waals surface area (Å²) in [6, 6.07) is 1.82. The molecule has 0 amide bonds. The second-order valence-electron chi connectivity index (χ2n) is 6.42. The van der Waals surface area contributed by atoms with Gasteiger partial charge in [-0.25, -0.2) is 15.0 Å². The van der Waals surface area contributed by atoms with Crippen molar-refractivity contribution in [2.24, 2.45) is 5.92 Å². The molecule has 1 saturated heterocycles. The van der Waals surface area contributed by atoms with E-state index in [9.17, 15) is 0 Å². The molecule has 0 bridgehead atoms. The third-order valence-electron chi connectivity index (χ3n) is 4.43. The standard InChI is InChI=1S/C17H25N5OS/c1-21(11-14-3-7-22(8-4-14)9-10-23)12-15-13-24-17(20-15)16-18-5-2-6-19-16/h2,5-6,13-14,23H,3-4,7-12H2,1H3. The van der Waals surface area contributed by atoms with Gasteiger partial charge in [0, 0.05) is 37.4 Å². The van der Waals surface area contributed by atoms with Gasteiger partial charge in [0.1, 0.15) is 0 Å². The fourth-order valence-corrected chi connectivity index (χ4v) is 3.96. The molecule has 7 heteroatoms. The Labute approximate surface area is 147 Å². The van der Waals surface area contributed by atoms with Crippen LogP contribution in [0.25, 0.3) is 10.8 Å². The van der Waals surface area contributed by atoms with Crippen molar-refractivity contribution in [2.75, 3.05) is 39.8 Å². The Hall–Kier alpha value is -1.41. The lowest BCUT2D eigenvalue weighted by atomic mass is 9.96. The number of thiazole rings is 1. The summed E-state index contributed by atoms with van der Waals surface area (Å²) in [6.45, 7) is 5.24. The number of β-amino-alcohol motifs (C(OH)–C–C–N with tert-alkyl or cyclic N) is 1. The molecular formula is C17H25N5OS. The van der Waals surface area contributed by atoms with E-state index in [0.717, 1.165) is 49.3 Å². The largest absolute Gasteiger partial charge is 0.395 e. The van der Waals surface area contributed by atoms with E-state index in [-0.39, 0.29) is 6.61 Å². The summed E-state index contributed by atoms with van der Waals surface area (Å²) in [4.78, 5) is 17.9. The maximum Gasteiger partial charge on any atom is 0.188 e. The van der Waals surface area contributed by atoms with Crippen molar-refractivity contribution in [2.45, 2.75) is 19.4 Å². The molecule has 1 aliphatic heterocycles. The Morgan fingerprint density at radius 1 is 1.29 bits per heavy atom. The number of aromatic nitrogens is 3. The Bertz CT molecular complexity index is 612. The van der Waals surface area contributed by atoms with Crippen LogP contribution in [0.4, 0.5) is 0 Å². The van der Waals surface area contributed by atoms with Gasteiger partial charge < -0.3 is 14.9 Å². The van der Waals surface area contributed by atoms with Crippen LogP contribution < -0.4 is 0 Å². The molecule has 3 rings (SSSR count). The number of likely N-dealkylation sites (tertiary alicyclic amines) is 1. The van der Waals surface area contributed by atoms with Crippen LogP contribution in [0.5, 0.6) is 0 Å². The molecule has 130 valence electrons. The van der Waals surface area contributed by atoms with Crippen LogP contribution in [0.1, 0.15) is 18.5 Å². The molecule has 2 aromatic rings. The van der Waals surface area contributed by atoms with Crippen molar-refractivity contribution in [1.82, 2.24) is 24.8 Å². The summed E-state index contributed by atoms with van der Waals surface area (Å²) >= 11 is 1.60. The van der Waals surface area contributed by atoms with Crippen molar-refractivity contribution in [1.29, 1.82) is 0 Å². The summed E-state index contributed by atoms with van der Waals surface area (Å²) in [5.74, 6) is 1.44. The minimum absolute atomic E-state index is 0.266. The first-order valence-corrected chi connectivity index (χ1v) is 9.36. The highest BCUT2D eigenvalue weighted by molar-refractivity contribution is 7.13. The highest BCUT2D eigenvalue weighted by Gasteiger charge is 2.20. The molecule has 2 aromatic heterocycles. The van der Waals surface area contributed by atoms with Crippen LogP contribution in [-0.2, 0) is 6.54 Å². The maximum atomic E-state index is 9.01. The number of rotatable bonds is 7. The van der Waals surface area contributed by atoms with Crippen molar-refractivity contribution < 1.29 is 5.11 Å². The van der Waals surface area contributed by atoms with Crippen molar-refractivity contribution in [3.63, 3.8) is 0 Å². The summed E-state index contributed by atoms with van der Waals surface area (Å²) < 4.78 is 0. The smallest absolute Gasteiger partial charge is 0.188 e. The van der Waals surface area contributed by atoms with Crippen LogP contribution in [0.2, 0.25) is 0 Å². The van der Waals surface area contributed by atoms with Crippen LogP contribution in [0.15, 0.2) is 23.8 Å². The Balaban J connectivity index is 1.47. The van der Waals surface area contributed by atoms with Crippen molar-refractivity contribution in [3.05, 3.63) is 29.5 Å². The van der Waals surface area contributed by atoms with E-state index in [1.165, 1.54) is 12.8 Å². The number of hydrogen-bond donors (Lipinski definition) is 1. The molecule has 1 aliphatic rings. The first-order valence-electron chi connectivity index (χ1n) is 8.48. The predicted octanol–water partition coefficient (Wildman–Crippen LogP) is 1.74. The van der Waals surface area contributed by atoms with E-state index in [0.29, 0.717) is 5.82 Å². The molecule has 0 aliphatic carbocycles. The van der Waals surface area contributed by atoms with Crippen LogP contribution >= 0.6 is 11.3 Å². The molecule has 0 radical (unpaired) electrons. The van der Waals surface area contributed by atoms with E-state index < -0.39 is 0 Å². The molecule has 0 atom stereocenters. The summed E-state index contributed by atoms with van der Waals surface area (Å²) in [5.41, 5.74) is 1.09. The van der Waals surface area contributed by atoms with Crippen LogP contribution in [0.3, 0.4) is 0 Å². The summed E-state index contributed by atoms with van der Waals surface area (Å²) in [7, 11) is 2.16. The Morgan fingerprint density at radius 2 is 2.04 bits per heavy atom. The van der Waals surface area contributed by atoms with Crippen LogP contribution in [0, 0.1) is 5.92 Å². The quantitative estimate of drug-likeness (QED) is 0.823. The monoisotopic (exact) mass is 347 g/mol. The second-order valence-corrected chi connectivity index (χ2v) is 7.28. The fraction of sp³-hybridized carbons (Fsp3) is 0.588. The third kappa shape index (κ3) is 4.80. The lowest BCUT2D eigenvalue weighted by Crippen LogP contribution is -2.38. The fourth-order valence-electron chi connectivity index (χ4n) is 3.21. The number of aliphatic hydroxyl groups is 1. The van der Waals surface area contributed by atoms with E-state index in [2.05, 4.69) is 37.2 Å². The molecule has 1 fully saturated rings. The van der Waals surface area contributed by atoms with Gasteiger partial charge in [0.15, 0.2) is 10.8 Å². The van der Waals surface area contributed by atoms with Crippen LogP contribution in [-0.4, -0.2) is 69.7 Å². The average molecular weight is 347 g/mol. The van der Waals surface area contributed by atoms with E-state index >= 15 is 0 Å². The zero-order valence-electron chi connectivity index (χ0n) is 14.1. The lowest BCUT2D eigenvalue weighted by molar-refractivity contribution is 0.129. The number of piperidine rings is 1. The number of hydrogen-bond acceptors (Lipinski definition) is 7. The van der Waals surface area contributed by atoms with Crippen molar-refractivity contribution in [3.8, 4) is 10.8 Å². The Morgan fingerprint density at radius 3 is 2.75 bits per heavy atom. The van der Waals surface area contributed by atoms with Gasteiger partial charge in [-0.05, 0) is 45.0 Å². The first kappa shape index (κ1) is 17.4. The van der Waals surface area contributed by atoms with Gasteiger partial charge >= 0.3 is 0 Å². The molecule has 0 saturated carbocycles. The lowest BCUT2D eigenvalue weighted by Gasteiger charge is -2.33. The molecule has 0 spiro atoms. The molecular weight excluding hydrogens is 322 g/mol. The zero-order chi connectivity index (χ0) is 16.8. The molecule has 1 N–H and O–H groups in total. The minimum atomic E-state index is 0.266. The van der Waals surface area contributed by atoms with Gasteiger partial charge in [-0.2, -0.15) is 0 Å². The highest BCUT2D eigenvalue weighted by atomic mass is 32.1. The number of aliphatic hydroxyl groups excluding tert-OH is 1. The molecule has 0 aromatic carbocycles. The Kier molecular flexibility index (Phi) is 6.25. The van der Waals surface area contributed by atoms with Gasteiger partial charge in [-0.3, -0.25) is 0 Å². The van der Waals surface area contributed by atoms with E-state index in [1.807, 2.05) is 6.07 Å². The molecule has 24 heavy (non-hydrogen) atoms. The van der Waals surface area contributed by atoms with Gasteiger partial charge in [0.2, 0.25) is 0 Å². The summed E-state index contributed by atoms with van der Waals surface area (Å²) in [5, 5.41) is 12.0. The van der Waals surface area contributed by atoms with Gasteiger partial charge in [0.25, 0.3) is 0 Å². The van der Waals surface area contributed by atoms with E-state index in [4.69, 9.17) is 5.11 Å². The average Bonchev–Trinajstić information content (AvgIpc) is 3.06. The normalized spacial score (nSPS) is 16.8. The zero-order valence-corrected chi connectivity index (χ0v) is 15.0. The summed E-state index contributed by atoms with van der Waals surface area (Å²) in [6.07, 6.45) is 5.92. The minimum Gasteiger partial charge on any atom is -0.395 e. The maximum absolute atomic E-state index is 9.01. The van der Waals surface area contributed by atoms with Crippen molar-refractivity contribution >= 4 is 11.3 Å². The molecule has 3 heterocycles. The second kappa shape index (κ2) is 8.62. The molecule has 6 nitrogen and oxygen atoms in total. The topological polar surface area (TPSA) is 65.4 Å². The molecule has 0 unspecified atom stereocenters. The third-order valence-corrected chi connectivity index (χ3v) is 5.32. The number of nitrogens with zero attached hydrogens (tertiary/aromatic N) is 5. The SMILES string of the molecule is CN(Cc1csc(-c2ncccn2)n1)CC1CCN(CCO)CC1. The van der Waals surface area contributed by atoms with Gasteiger partial charge in [-0.1, -0.05) is 0 Å².